The molecule has 0 aliphatic rings. The summed E-state index contributed by atoms with van der Waals surface area (Å²) in [5.41, 5.74) is 6.32. The molecular formula is C10H13F2NO. The zero-order valence-electron chi connectivity index (χ0n) is 7.97. The summed E-state index contributed by atoms with van der Waals surface area (Å²) in [6, 6.07) is 3.81. The van der Waals surface area contributed by atoms with Gasteiger partial charge >= 0.3 is 0 Å². The lowest BCUT2D eigenvalue weighted by Crippen LogP contribution is -2.09. The molecule has 1 aromatic carbocycles. The van der Waals surface area contributed by atoms with Crippen LogP contribution in [0, 0.1) is 5.82 Å². The first kappa shape index (κ1) is 10.9. The van der Waals surface area contributed by atoms with E-state index < -0.39 is 12.5 Å². The van der Waals surface area contributed by atoms with Crippen molar-refractivity contribution < 1.29 is 13.5 Å². The Morgan fingerprint density at radius 3 is 2.79 bits per heavy atom. The summed E-state index contributed by atoms with van der Waals surface area (Å²) in [6.07, 6.45) is 0. The Morgan fingerprint density at radius 1 is 1.50 bits per heavy atom. The average Bonchev–Trinajstić information content (AvgIpc) is 2.14. The lowest BCUT2D eigenvalue weighted by molar-refractivity contribution is 0.269. The van der Waals surface area contributed by atoms with Crippen LogP contribution >= 0.6 is 0 Å². The van der Waals surface area contributed by atoms with E-state index in [0.717, 1.165) is 0 Å². The monoisotopic (exact) mass is 201 g/mol. The number of alkyl halides is 1. The molecule has 78 valence electrons. The highest BCUT2D eigenvalue weighted by Crippen LogP contribution is 2.24. The maximum atomic E-state index is 12.8. The summed E-state index contributed by atoms with van der Waals surface area (Å²) in [6.45, 7) is 1.08. The van der Waals surface area contributed by atoms with Crippen LogP contribution in [0.5, 0.6) is 5.75 Å². The second kappa shape index (κ2) is 4.91. The highest BCUT2D eigenvalue weighted by molar-refractivity contribution is 5.36. The van der Waals surface area contributed by atoms with E-state index in [9.17, 15) is 8.78 Å². The maximum Gasteiger partial charge on any atom is 0.127 e. The highest BCUT2D eigenvalue weighted by Gasteiger charge is 2.08. The number of ether oxygens (including phenoxy) is 1. The van der Waals surface area contributed by atoms with Crippen LogP contribution in [0.25, 0.3) is 0 Å². The smallest absolute Gasteiger partial charge is 0.127 e. The van der Waals surface area contributed by atoms with Crippen molar-refractivity contribution in [3.63, 3.8) is 0 Å². The summed E-state index contributed by atoms with van der Waals surface area (Å²) < 4.78 is 29.7. The molecule has 0 bridgehead atoms. The van der Waals surface area contributed by atoms with Gasteiger partial charge in [-0.25, -0.2) is 8.78 Å². The van der Waals surface area contributed by atoms with E-state index in [1.807, 2.05) is 0 Å². The van der Waals surface area contributed by atoms with Gasteiger partial charge in [0.15, 0.2) is 0 Å². The molecule has 0 unspecified atom stereocenters. The predicted molar refractivity (Wildman–Crippen MR) is 50.5 cm³/mol. The molecule has 0 saturated carbocycles. The SMILES string of the molecule is C[C@H](N)c1ccc(F)cc1OCCF. The molecule has 1 atom stereocenters. The first-order chi connectivity index (χ1) is 6.65. The van der Waals surface area contributed by atoms with E-state index in [1.165, 1.54) is 12.1 Å². The normalized spacial score (nSPS) is 12.6. The summed E-state index contributed by atoms with van der Waals surface area (Å²) >= 11 is 0. The van der Waals surface area contributed by atoms with Crippen LogP contribution in [-0.2, 0) is 0 Å². The van der Waals surface area contributed by atoms with E-state index in [2.05, 4.69) is 0 Å². The van der Waals surface area contributed by atoms with Crippen molar-refractivity contribution in [2.45, 2.75) is 13.0 Å². The fourth-order valence-electron chi connectivity index (χ4n) is 1.16. The number of rotatable bonds is 4. The Labute approximate surface area is 81.7 Å². The zero-order chi connectivity index (χ0) is 10.6. The van der Waals surface area contributed by atoms with Gasteiger partial charge in [0.05, 0.1) is 0 Å². The van der Waals surface area contributed by atoms with Gasteiger partial charge in [-0.3, -0.25) is 0 Å². The van der Waals surface area contributed by atoms with Gasteiger partial charge in [0, 0.05) is 17.7 Å². The van der Waals surface area contributed by atoms with Crippen molar-refractivity contribution in [2.75, 3.05) is 13.3 Å². The standard InChI is InChI=1S/C10H13F2NO/c1-7(13)9-3-2-8(12)6-10(9)14-5-4-11/h2-3,6-7H,4-5,13H2,1H3/t7-/m0/s1. The molecule has 0 spiro atoms. The minimum atomic E-state index is -0.602. The first-order valence-corrected chi connectivity index (χ1v) is 4.39. The third-order valence-electron chi connectivity index (χ3n) is 1.80. The number of benzene rings is 1. The third kappa shape index (κ3) is 2.67. The molecule has 2 N–H and O–H groups in total. The van der Waals surface area contributed by atoms with Gasteiger partial charge in [-0.2, -0.15) is 0 Å². The van der Waals surface area contributed by atoms with Crippen molar-refractivity contribution in [2.24, 2.45) is 5.73 Å². The van der Waals surface area contributed by atoms with Gasteiger partial charge in [0.2, 0.25) is 0 Å². The molecule has 2 nitrogen and oxygen atoms in total. The van der Waals surface area contributed by atoms with Crippen molar-refractivity contribution >= 4 is 0 Å². The molecule has 0 fully saturated rings. The lowest BCUT2D eigenvalue weighted by atomic mass is 10.1. The number of hydrogen-bond acceptors (Lipinski definition) is 2. The Bertz CT molecular complexity index is 302. The topological polar surface area (TPSA) is 35.2 Å². The van der Waals surface area contributed by atoms with Crippen LogP contribution in [0.2, 0.25) is 0 Å². The van der Waals surface area contributed by atoms with Gasteiger partial charge in [0.1, 0.15) is 24.8 Å². The van der Waals surface area contributed by atoms with Gasteiger partial charge in [0.25, 0.3) is 0 Å². The van der Waals surface area contributed by atoms with Gasteiger partial charge in [-0.1, -0.05) is 6.07 Å². The van der Waals surface area contributed by atoms with Crippen LogP contribution < -0.4 is 10.5 Å². The molecule has 1 aromatic rings. The first-order valence-electron chi connectivity index (χ1n) is 4.39. The average molecular weight is 201 g/mol. The van der Waals surface area contributed by atoms with Gasteiger partial charge in [-0.15, -0.1) is 0 Å². The van der Waals surface area contributed by atoms with Crippen molar-refractivity contribution in [3.8, 4) is 5.75 Å². The Morgan fingerprint density at radius 2 is 2.21 bits per heavy atom. The van der Waals surface area contributed by atoms with Crippen molar-refractivity contribution in [1.29, 1.82) is 0 Å². The minimum absolute atomic E-state index is 0.0802. The minimum Gasteiger partial charge on any atom is -0.490 e. The van der Waals surface area contributed by atoms with E-state index in [1.54, 1.807) is 13.0 Å². The molecule has 0 saturated heterocycles. The summed E-state index contributed by atoms with van der Waals surface area (Å²) in [4.78, 5) is 0. The molecular weight excluding hydrogens is 188 g/mol. The number of nitrogens with two attached hydrogens (primary N) is 1. The fourth-order valence-corrected chi connectivity index (χ4v) is 1.16. The predicted octanol–water partition coefficient (Wildman–Crippen LogP) is 2.19. The molecule has 0 aromatic heterocycles. The van der Waals surface area contributed by atoms with E-state index >= 15 is 0 Å². The van der Waals surface area contributed by atoms with Crippen molar-refractivity contribution in [1.82, 2.24) is 0 Å². The highest BCUT2D eigenvalue weighted by atomic mass is 19.1. The van der Waals surface area contributed by atoms with Crippen molar-refractivity contribution in [3.05, 3.63) is 29.6 Å². The van der Waals surface area contributed by atoms with Crippen LogP contribution in [0.4, 0.5) is 8.78 Å². The lowest BCUT2D eigenvalue weighted by Gasteiger charge is -2.12. The van der Waals surface area contributed by atoms with Gasteiger partial charge in [-0.05, 0) is 13.0 Å². The second-order valence-corrected chi connectivity index (χ2v) is 3.01. The summed E-state index contributed by atoms with van der Waals surface area (Å²) in [7, 11) is 0. The summed E-state index contributed by atoms with van der Waals surface area (Å²) in [5, 5.41) is 0. The summed E-state index contributed by atoms with van der Waals surface area (Å²) in [5.74, 6) is -0.0964. The quantitative estimate of drug-likeness (QED) is 0.810. The Hall–Kier alpha value is -1.16. The Kier molecular flexibility index (Phi) is 3.83. The molecule has 0 aliphatic carbocycles. The van der Waals surface area contributed by atoms with Gasteiger partial charge < -0.3 is 10.5 Å². The van der Waals surface area contributed by atoms with E-state index in [4.69, 9.17) is 10.5 Å². The Balaban J connectivity index is 2.91. The van der Waals surface area contributed by atoms with Crippen LogP contribution in [-0.4, -0.2) is 13.3 Å². The molecule has 0 aliphatic heterocycles. The molecule has 0 amide bonds. The van der Waals surface area contributed by atoms with Crippen LogP contribution in [0.1, 0.15) is 18.5 Å². The number of halogens is 2. The molecule has 14 heavy (non-hydrogen) atoms. The third-order valence-corrected chi connectivity index (χ3v) is 1.80. The second-order valence-electron chi connectivity index (χ2n) is 3.01. The fraction of sp³-hybridized carbons (Fsp3) is 0.400. The zero-order valence-corrected chi connectivity index (χ0v) is 7.97. The molecule has 0 heterocycles. The molecule has 1 rings (SSSR count). The van der Waals surface area contributed by atoms with E-state index in [-0.39, 0.29) is 12.6 Å². The number of hydrogen-bond donors (Lipinski definition) is 1. The largest absolute Gasteiger partial charge is 0.490 e. The van der Waals surface area contributed by atoms with Crippen LogP contribution in [0.3, 0.4) is 0 Å². The van der Waals surface area contributed by atoms with E-state index in [0.29, 0.717) is 11.3 Å². The maximum absolute atomic E-state index is 12.8. The molecule has 0 radical (unpaired) electrons. The van der Waals surface area contributed by atoms with Crippen LogP contribution in [0.15, 0.2) is 18.2 Å². The molecule has 4 heteroatoms.